The first-order chi connectivity index (χ1) is 14.5. The molecule has 30 heavy (non-hydrogen) atoms. The van der Waals surface area contributed by atoms with Gasteiger partial charge in [0.15, 0.2) is 0 Å². The zero-order valence-corrected chi connectivity index (χ0v) is 16.7. The summed E-state index contributed by atoms with van der Waals surface area (Å²) >= 11 is 5.78. The lowest BCUT2D eigenvalue weighted by Crippen LogP contribution is -2.41. The molecule has 8 heteroatoms. The fourth-order valence-electron chi connectivity index (χ4n) is 3.47. The number of amides is 1. The Hall–Kier alpha value is -3.06. The molecule has 1 N–H and O–H groups in total. The highest BCUT2D eigenvalue weighted by atomic mass is 35.5. The number of aromatic nitrogens is 2. The van der Waals surface area contributed by atoms with Crippen LogP contribution in [0.3, 0.4) is 0 Å². The molecule has 0 bridgehead atoms. The summed E-state index contributed by atoms with van der Waals surface area (Å²) in [6, 6.07) is 10.2. The molecule has 1 fully saturated rings. The SMILES string of the molecule is O=C(Nc1ccc(F)c(Cl)c1)[C@@H]1CCCN(c2ncc(-c3ccc(F)cc3)cn2)C1. The van der Waals surface area contributed by atoms with Gasteiger partial charge in [-0.2, -0.15) is 0 Å². The number of anilines is 2. The Balaban J connectivity index is 1.42. The molecule has 1 aromatic heterocycles. The van der Waals surface area contributed by atoms with Crippen molar-refractivity contribution < 1.29 is 13.6 Å². The molecule has 1 amide bonds. The van der Waals surface area contributed by atoms with E-state index in [0.717, 1.165) is 30.5 Å². The molecule has 0 radical (unpaired) electrons. The van der Waals surface area contributed by atoms with Gasteiger partial charge in [-0.05, 0) is 48.7 Å². The quantitative estimate of drug-likeness (QED) is 0.640. The van der Waals surface area contributed by atoms with Crippen molar-refractivity contribution in [2.75, 3.05) is 23.3 Å². The van der Waals surface area contributed by atoms with Crippen LogP contribution in [0.5, 0.6) is 0 Å². The molecule has 1 aliphatic heterocycles. The number of rotatable bonds is 4. The number of carbonyl (C=O) groups excluding carboxylic acids is 1. The highest BCUT2D eigenvalue weighted by Gasteiger charge is 2.27. The molecule has 2 heterocycles. The standard InChI is InChI=1S/C22H19ClF2N4O/c23-19-10-18(7-8-20(19)25)28-21(30)15-2-1-9-29(13-15)22-26-11-16(12-27-22)14-3-5-17(24)6-4-14/h3-8,10-12,15H,1-2,9,13H2,(H,28,30)/t15-/m1/s1. The molecule has 2 aromatic carbocycles. The van der Waals surface area contributed by atoms with E-state index in [1.54, 1.807) is 24.5 Å². The Kier molecular flexibility index (Phi) is 5.90. The van der Waals surface area contributed by atoms with E-state index in [2.05, 4.69) is 15.3 Å². The van der Waals surface area contributed by atoms with Crippen molar-refractivity contribution in [1.29, 1.82) is 0 Å². The van der Waals surface area contributed by atoms with Crippen LogP contribution in [0.25, 0.3) is 11.1 Å². The largest absolute Gasteiger partial charge is 0.340 e. The third-order valence-electron chi connectivity index (χ3n) is 5.08. The predicted octanol–water partition coefficient (Wildman–Crippen LogP) is 4.93. The minimum atomic E-state index is -0.528. The van der Waals surface area contributed by atoms with E-state index >= 15 is 0 Å². The summed E-state index contributed by atoms with van der Waals surface area (Å²) in [5.41, 5.74) is 2.08. The second-order valence-corrected chi connectivity index (χ2v) is 7.59. The van der Waals surface area contributed by atoms with Gasteiger partial charge < -0.3 is 10.2 Å². The van der Waals surface area contributed by atoms with E-state index in [0.29, 0.717) is 18.2 Å². The molecule has 1 atom stereocenters. The number of carbonyl (C=O) groups is 1. The molecular formula is C22H19ClF2N4O. The highest BCUT2D eigenvalue weighted by molar-refractivity contribution is 6.31. The molecule has 1 saturated heterocycles. The van der Waals surface area contributed by atoms with Crippen LogP contribution in [0.4, 0.5) is 20.4 Å². The Labute approximate surface area is 177 Å². The van der Waals surface area contributed by atoms with Crippen molar-refractivity contribution in [2.24, 2.45) is 5.92 Å². The molecule has 154 valence electrons. The molecule has 0 aliphatic carbocycles. The van der Waals surface area contributed by atoms with Crippen molar-refractivity contribution in [3.8, 4) is 11.1 Å². The van der Waals surface area contributed by atoms with Crippen LogP contribution in [0.2, 0.25) is 5.02 Å². The summed E-state index contributed by atoms with van der Waals surface area (Å²) in [5, 5.41) is 2.76. The van der Waals surface area contributed by atoms with Gasteiger partial charge in [-0.15, -0.1) is 0 Å². The third-order valence-corrected chi connectivity index (χ3v) is 5.37. The Morgan fingerprint density at radius 1 is 1.07 bits per heavy atom. The lowest BCUT2D eigenvalue weighted by molar-refractivity contribution is -0.120. The Morgan fingerprint density at radius 2 is 1.80 bits per heavy atom. The van der Waals surface area contributed by atoms with Crippen molar-refractivity contribution in [2.45, 2.75) is 12.8 Å². The molecule has 4 rings (SSSR count). The van der Waals surface area contributed by atoms with Crippen LogP contribution in [-0.4, -0.2) is 29.0 Å². The summed E-state index contributed by atoms with van der Waals surface area (Å²) in [7, 11) is 0. The van der Waals surface area contributed by atoms with E-state index < -0.39 is 5.82 Å². The minimum Gasteiger partial charge on any atom is -0.340 e. The summed E-state index contributed by atoms with van der Waals surface area (Å²) in [6.45, 7) is 1.23. The molecule has 0 saturated carbocycles. The van der Waals surface area contributed by atoms with Gasteiger partial charge in [0.25, 0.3) is 0 Å². The Bertz CT molecular complexity index is 1040. The van der Waals surface area contributed by atoms with Crippen LogP contribution >= 0.6 is 11.6 Å². The second kappa shape index (κ2) is 8.75. The number of hydrogen-bond acceptors (Lipinski definition) is 4. The number of nitrogens with one attached hydrogen (secondary N) is 1. The first kappa shape index (κ1) is 20.2. The lowest BCUT2D eigenvalue weighted by atomic mass is 9.97. The maximum absolute atomic E-state index is 13.3. The maximum Gasteiger partial charge on any atom is 0.229 e. The van der Waals surface area contributed by atoms with Gasteiger partial charge in [-0.1, -0.05) is 23.7 Å². The number of nitrogens with zero attached hydrogens (tertiary/aromatic N) is 3. The van der Waals surface area contributed by atoms with Gasteiger partial charge in [-0.3, -0.25) is 4.79 Å². The van der Waals surface area contributed by atoms with E-state index in [-0.39, 0.29) is 22.7 Å². The molecule has 5 nitrogen and oxygen atoms in total. The summed E-state index contributed by atoms with van der Waals surface area (Å²) in [4.78, 5) is 23.5. The predicted molar refractivity (Wildman–Crippen MR) is 112 cm³/mol. The highest BCUT2D eigenvalue weighted by Crippen LogP contribution is 2.25. The van der Waals surface area contributed by atoms with Crippen molar-refractivity contribution >= 4 is 29.1 Å². The van der Waals surface area contributed by atoms with Gasteiger partial charge >= 0.3 is 0 Å². The number of piperidine rings is 1. The zero-order valence-electron chi connectivity index (χ0n) is 16.0. The summed E-state index contributed by atoms with van der Waals surface area (Å²) < 4.78 is 26.4. The summed E-state index contributed by atoms with van der Waals surface area (Å²) in [6.07, 6.45) is 4.95. The van der Waals surface area contributed by atoms with Gasteiger partial charge in [0.1, 0.15) is 11.6 Å². The Morgan fingerprint density at radius 3 is 2.50 bits per heavy atom. The van der Waals surface area contributed by atoms with Gasteiger partial charge in [-0.25, -0.2) is 18.7 Å². The number of hydrogen-bond donors (Lipinski definition) is 1. The molecule has 3 aromatic rings. The first-order valence-electron chi connectivity index (χ1n) is 9.58. The fourth-order valence-corrected chi connectivity index (χ4v) is 3.65. The van der Waals surface area contributed by atoms with Crippen LogP contribution in [0.15, 0.2) is 54.9 Å². The molecule has 0 unspecified atom stereocenters. The second-order valence-electron chi connectivity index (χ2n) is 7.18. The van der Waals surface area contributed by atoms with E-state index in [9.17, 15) is 13.6 Å². The van der Waals surface area contributed by atoms with Crippen molar-refractivity contribution in [3.63, 3.8) is 0 Å². The van der Waals surface area contributed by atoms with Crippen LogP contribution < -0.4 is 10.2 Å². The third kappa shape index (κ3) is 4.57. The summed E-state index contributed by atoms with van der Waals surface area (Å²) in [5.74, 6) is -0.673. The van der Waals surface area contributed by atoms with Gasteiger partial charge in [0.2, 0.25) is 11.9 Å². The van der Waals surface area contributed by atoms with E-state index in [1.807, 2.05) is 4.90 Å². The van der Waals surface area contributed by atoms with Gasteiger partial charge in [0, 0.05) is 36.7 Å². The topological polar surface area (TPSA) is 58.1 Å². The van der Waals surface area contributed by atoms with E-state index in [1.165, 1.54) is 30.3 Å². The molecule has 1 aliphatic rings. The smallest absolute Gasteiger partial charge is 0.229 e. The van der Waals surface area contributed by atoms with Crippen LogP contribution in [-0.2, 0) is 4.79 Å². The van der Waals surface area contributed by atoms with Crippen molar-refractivity contribution in [3.05, 3.63) is 71.5 Å². The first-order valence-corrected chi connectivity index (χ1v) is 9.96. The number of benzene rings is 2. The van der Waals surface area contributed by atoms with E-state index in [4.69, 9.17) is 11.6 Å². The normalized spacial score (nSPS) is 16.4. The van der Waals surface area contributed by atoms with Crippen LogP contribution in [0.1, 0.15) is 12.8 Å². The molecular weight excluding hydrogens is 410 g/mol. The number of halogens is 3. The van der Waals surface area contributed by atoms with Crippen molar-refractivity contribution in [1.82, 2.24) is 9.97 Å². The van der Waals surface area contributed by atoms with Gasteiger partial charge in [0.05, 0.1) is 10.9 Å². The average Bonchev–Trinajstić information content (AvgIpc) is 2.77. The zero-order chi connectivity index (χ0) is 21.1. The fraction of sp³-hybridized carbons (Fsp3) is 0.227. The maximum atomic E-state index is 13.3. The van der Waals surface area contributed by atoms with Crippen LogP contribution in [0, 0.1) is 17.6 Å². The minimum absolute atomic E-state index is 0.0345. The average molecular weight is 429 g/mol. The lowest BCUT2D eigenvalue weighted by Gasteiger charge is -2.32. The molecule has 0 spiro atoms. The monoisotopic (exact) mass is 428 g/mol.